The lowest BCUT2D eigenvalue weighted by atomic mass is 9.91. The lowest BCUT2D eigenvalue weighted by Gasteiger charge is -2.16. The molecule has 3 aromatic rings. The van der Waals surface area contributed by atoms with Crippen molar-refractivity contribution in [3.8, 4) is 11.5 Å². The highest BCUT2D eigenvalue weighted by molar-refractivity contribution is 7.09. The van der Waals surface area contributed by atoms with E-state index in [9.17, 15) is 10.2 Å². The van der Waals surface area contributed by atoms with Gasteiger partial charge in [0.2, 0.25) is 0 Å². The first-order valence-corrected chi connectivity index (χ1v) is 7.51. The van der Waals surface area contributed by atoms with E-state index < -0.39 is 0 Å². The van der Waals surface area contributed by atoms with Gasteiger partial charge in [-0.2, -0.15) is 0 Å². The molecule has 0 fully saturated rings. The van der Waals surface area contributed by atoms with Gasteiger partial charge >= 0.3 is 0 Å². The van der Waals surface area contributed by atoms with Gasteiger partial charge < -0.3 is 10.2 Å². The van der Waals surface area contributed by atoms with E-state index in [1.807, 2.05) is 36.6 Å². The van der Waals surface area contributed by atoms with E-state index in [-0.39, 0.29) is 17.4 Å². The second kappa shape index (κ2) is 5.58. The molecule has 0 saturated carbocycles. The summed E-state index contributed by atoms with van der Waals surface area (Å²) in [5.74, 6) is 0.502. The van der Waals surface area contributed by atoms with Crippen molar-refractivity contribution in [2.24, 2.45) is 0 Å². The Morgan fingerprint density at radius 1 is 0.857 bits per heavy atom. The molecule has 0 unspecified atom stereocenters. The SMILES string of the molecule is Cc1csc(C(c2ccc(O)cc2)c2ccc(O)cc2)n1. The van der Waals surface area contributed by atoms with E-state index in [4.69, 9.17) is 0 Å². The Bertz CT molecular complexity index is 687. The van der Waals surface area contributed by atoms with Crippen molar-refractivity contribution < 1.29 is 10.2 Å². The van der Waals surface area contributed by atoms with Gasteiger partial charge in [-0.3, -0.25) is 0 Å². The molecule has 1 heterocycles. The van der Waals surface area contributed by atoms with Gasteiger partial charge in [0.05, 0.1) is 5.92 Å². The number of aromatic hydroxyl groups is 2. The topological polar surface area (TPSA) is 53.4 Å². The first kappa shape index (κ1) is 13.6. The van der Waals surface area contributed by atoms with Crippen molar-refractivity contribution in [2.45, 2.75) is 12.8 Å². The minimum absolute atomic E-state index is 0.00454. The van der Waals surface area contributed by atoms with Crippen LogP contribution in [0.25, 0.3) is 0 Å². The monoisotopic (exact) mass is 297 g/mol. The minimum Gasteiger partial charge on any atom is -0.508 e. The zero-order valence-electron chi connectivity index (χ0n) is 11.5. The molecule has 0 spiro atoms. The molecule has 106 valence electrons. The fraction of sp³-hybridized carbons (Fsp3) is 0.118. The second-order valence-corrected chi connectivity index (χ2v) is 5.83. The molecule has 0 aliphatic rings. The summed E-state index contributed by atoms with van der Waals surface area (Å²) in [4.78, 5) is 4.60. The van der Waals surface area contributed by atoms with Crippen LogP contribution in [0.4, 0.5) is 0 Å². The molecule has 21 heavy (non-hydrogen) atoms. The number of nitrogens with zero attached hydrogens (tertiary/aromatic N) is 1. The zero-order valence-corrected chi connectivity index (χ0v) is 12.3. The van der Waals surface area contributed by atoms with Crippen molar-refractivity contribution in [3.63, 3.8) is 0 Å². The zero-order chi connectivity index (χ0) is 14.8. The molecule has 0 atom stereocenters. The Labute approximate surface area is 127 Å². The molecule has 0 amide bonds. The molecule has 0 aliphatic heterocycles. The van der Waals surface area contributed by atoms with Crippen LogP contribution < -0.4 is 0 Å². The van der Waals surface area contributed by atoms with E-state index >= 15 is 0 Å². The van der Waals surface area contributed by atoms with E-state index in [2.05, 4.69) is 4.98 Å². The predicted molar refractivity (Wildman–Crippen MR) is 84.0 cm³/mol. The molecule has 0 bridgehead atoms. The maximum absolute atomic E-state index is 9.47. The van der Waals surface area contributed by atoms with Crippen LogP contribution in [-0.4, -0.2) is 15.2 Å². The third-order valence-corrected chi connectivity index (χ3v) is 4.36. The molecule has 4 heteroatoms. The number of hydrogen-bond donors (Lipinski definition) is 2. The summed E-state index contributed by atoms with van der Waals surface area (Å²) in [7, 11) is 0. The predicted octanol–water partition coefficient (Wildman–Crippen LogP) is 4.04. The van der Waals surface area contributed by atoms with Gasteiger partial charge in [-0.25, -0.2) is 4.98 Å². The first-order valence-electron chi connectivity index (χ1n) is 6.63. The molecular weight excluding hydrogens is 282 g/mol. The van der Waals surface area contributed by atoms with Crippen LogP contribution in [0.5, 0.6) is 11.5 Å². The van der Waals surface area contributed by atoms with E-state index in [1.54, 1.807) is 35.6 Å². The van der Waals surface area contributed by atoms with Gasteiger partial charge in [0.25, 0.3) is 0 Å². The number of thiazole rings is 1. The maximum atomic E-state index is 9.47. The summed E-state index contributed by atoms with van der Waals surface area (Å²) < 4.78 is 0. The van der Waals surface area contributed by atoms with Crippen LogP contribution in [0.1, 0.15) is 27.7 Å². The lowest BCUT2D eigenvalue weighted by Crippen LogP contribution is -2.02. The largest absolute Gasteiger partial charge is 0.508 e. The third-order valence-electron chi connectivity index (χ3n) is 3.34. The third kappa shape index (κ3) is 2.90. The normalized spacial score (nSPS) is 11.0. The van der Waals surface area contributed by atoms with E-state index in [0.717, 1.165) is 21.8 Å². The van der Waals surface area contributed by atoms with Crippen LogP contribution in [0, 0.1) is 6.92 Å². The fourth-order valence-electron chi connectivity index (χ4n) is 2.32. The lowest BCUT2D eigenvalue weighted by molar-refractivity contribution is 0.475. The van der Waals surface area contributed by atoms with Crippen molar-refractivity contribution in [3.05, 3.63) is 75.7 Å². The van der Waals surface area contributed by atoms with Gasteiger partial charge in [-0.1, -0.05) is 24.3 Å². The first-order chi connectivity index (χ1) is 10.1. The number of phenolic OH excluding ortho intramolecular Hbond substituents is 2. The number of benzene rings is 2. The molecular formula is C17H15NO2S. The van der Waals surface area contributed by atoms with E-state index in [0.29, 0.717) is 0 Å². The molecule has 0 saturated heterocycles. The quantitative estimate of drug-likeness (QED) is 0.767. The average Bonchev–Trinajstić information content (AvgIpc) is 2.90. The average molecular weight is 297 g/mol. The summed E-state index contributed by atoms with van der Waals surface area (Å²) >= 11 is 1.62. The molecule has 3 rings (SSSR count). The summed E-state index contributed by atoms with van der Waals surface area (Å²) in [6, 6.07) is 14.4. The van der Waals surface area contributed by atoms with Crippen LogP contribution in [0.15, 0.2) is 53.9 Å². The highest BCUT2D eigenvalue weighted by Crippen LogP contribution is 2.35. The van der Waals surface area contributed by atoms with Crippen molar-refractivity contribution in [2.75, 3.05) is 0 Å². The molecule has 3 nitrogen and oxygen atoms in total. The summed E-state index contributed by atoms with van der Waals surface area (Å²) in [6.07, 6.45) is 0. The molecule has 2 N–H and O–H groups in total. The van der Waals surface area contributed by atoms with E-state index in [1.165, 1.54) is 0 Å². The van der Waals surface area contributed by atoms with Crippen LogP contribution >= 0.6 is 11.3 Å². The Hall–Kier alpha value is -2.33. The molecule has 0 aliphatic carbocycles. The smallest absolute Gasteiger partial charge is 0.115 e. The van der Waals surface area contributed by atoms with Crippen molar-refractivity contribution in [1.82, 2.24) is 4.98 Å². The molecule has 2 aromatic carbocycles. The van der Waals surface area contributed by atoms with Gasteiger partial charge in [0, 0.05) is 11.1 Å². The Balaban J connectivity index is 2.10. The van der Waals surface area contributed by atoms with Crippen LogP contribution in [-0.2, 0) is 0 Å². The standard InChI is InChI=1S/C17H15NO2S/c1-11-10-21-17(18-11)16(12-2-6-14(19)7-3-12)13-4-8-15(20)9-5-13/h2-10,16,19-20H,1H3. The number of aromatic nitrogens is 1. The molecule has 0 radical (unpaired) electrons. The number of aryl methyl sites for hydroxylation is 1. The Morgan fingerprint density at radius 3 is 1.71 bits per heavy atom. The summed E-state index contributed by atoms with van der Waals surface area (Å²) in [5, 5.41) is 22.0. The Kier molecular flexibility index (Phi) is 3.62. The van der Waals surface area contributed by atoms with Crippen LogP contribution in [0.3, 0.4) is 0 Å². The number of phenols is 2. The maximum Gasteiger partial charge on any atom is 0.115 e. The fourth-order valence-corrected chi connectivity index (χ4v) is 3.26. The summed E-state index contributed by atoms with van der Waals surface area (Å²) in [6.45, 7) is 1.98. The van der Waals surface area contributed by atoms with Gasteiger partial charge in [0.15, 0.2) is 0 Å². The van der Waals surface area contributed by atoms with Crippen molar-refractivity contribution >= 4 is 11.3 Å². The minimum atomic E-state index is 0.00454. The second-order valence-electron chi connectivity index (χ2n) is 4.94. The Morgan fingerprint density at radius 2 is 1.33 bits per heavy atom. The number of hydrogen-bond acceptors (Lipinski definition) is 4. The number of rotatable bonds is 3. The molecule has 1 aromatic heterocycles. The van der Waals surface area contributed by atoms with Crippen molar-refractivity contribution in [1.29, 1.82) is 0 Å². The highest BCUT2D eigenvalue weighted by atomic mass is 32.1. The van der Waals surface area contributed by atoms with Gasteiger partial charge in [-0.05, 0) is 42.3 Å². The summed E-state index contributed by atoms with van der Waals surface area (Å²) in [5.41, 5.74) is 3.12. The van der Waals surface area contributed by atoms with Gasteiger partial charge in [-0.15, -0.1) is 11.3 Å². The van der Waals surface area contributed by atoms with Crippen LogP contribution in [0.2, 0.25) is 0 Å². The highest BCUT2D eigenvalue weighted by Gasteiger charge is 2.19. The van der Waals surface area contributed by atoms with Gasteiger partial charge in [0.1, 0.15) is 16.5 Å².